The Labute approximate surface area is 161 Å². The molecule has 1 aliphatic rings. The van der Waals surface area contributed by atoms with Crippen LogP contribution in [0.2, 0.25) is 0 Å². The van der Waals surface area contributed by atoms with Gasteiger partial charge in [0.1, 0.15) is 5.82 Å². The maximum atomic E-state index is 5.43. The van der Waals surface area contributed by atoms with Gasteiger partial charge in [0.15, 0.2) is 11.5 Å². The number of anilines is 4. The maximum absolute atomic E-state index is 5.43. The molecule has 8 heteroatoms. The quantitative estimate of drug-likeness (QED) is 0.560. The first-order valence-electron chi connectivity index (χ1n) is 8.86. The second-order valence-corrected chi connectivity index (χ2v) is 6.53. The highest BCUT2D eigenvalue weighted by Crippen LogP contribution is 2.35. The van der Waals surface area contributed by atoms with E-state index in [4.69, 9.17) is 9.47 Å². The Balaban J connectivity index is 1.43. The molecular weight excluding hydrogens is 356 g/mol. The fourth-order valence-electron chi connectivity index (χ4n) is 3.10. The van der Waals surface area contributed by atoms with E-state index in [2.05, 4.69) is 25.6 Å². The molecule has 0 aliphatic carbocycles. The van der Waals surface area contributed by atoms with Gasteiger partial charge in [0.25, 0.3) is 0 Å². The van der Waals surface area contributed by atoms with Crippen LogP contribution in [0.5, 0.6) is 11.5 Å². The average molecular weight is 374 g/mol. The lowest BCUT2D eigenvalue weighted by molar-refractivity contribution is 0.174. The summed E-state index contributed by atoms with van der Waals surface area (Å²) < 4.78 is 12.8. The predicted octanol–water partition coefficient (Wildman–Crippen LogP) is 3.89. The average Bonchev–Trinajstić information content (AvgIpc) is 3.29. The SMILES string of the molecule is Cc1cnc(Nc2nc3ccccc3n2C)nc1Nc1ccc2c(c1)OCO2. The Bertz CT molecular complexity index is 1190. The lowest BCUT2D eigenvalue weighted by atomic mass is 10.2. The van der Waals surface area contributed by atoms with Crippen molar-refractivity contribution in [3.05, 3.63) is 54.2 Å². The van der Waals surface area contributed by atoms with Crippen LogP contribution in [-0.2, 0) is 7.05 Å². The zero-order valence-electron chi connectivity index (χ0n) is 15.4. The van der Waals surface area contributed by atoms with Gasteiger partial charge in [-0.3, -0.25) is 5.32 Å². The van der Waals surface area contributed by atoms with E-state index >= 15 is 0 Å². The smallest absolute Gasteiger partial charge is 0.231 e. The molecule has 0 bridgehead atoms. The standard InChI is InChI=1S/C20H18N6O2/c1-12-10-21-19(25-20-23-14-5-3-4-6-15(14)26(20)2)24-18(12)22-13-7-8-16-17(9-13)28-11-27-16/h3-10H,11H2,1-2H3,(H2,21,22,23,24,25). The van der Waals surface area contributed by atoms with E-state index in [9.17, 15) is 0 Å². The lowest BCUT2D eigenvalue weighted by Crippen LogP contribution is -2.05. The van der Waals surface area contributed by atoms with Crippen molar-refractivity contribution < 1.29 is 9.47 Å². The summed E-state index contributed by atoms with van der Waals surface area (Å²) >= 11 is 0. The van der Waals surface area contributed by atoms with Gasteiger partial charge in [0.05, 0.1) is 11.0 Å². The van der Waals surface area contributed by atoms with Crippen molar-refractivity contribution in [2.24, 2.45) is 7.05 Å². The van der Waals surface area contributed by atoms with Crippen LogP contribution in [0.15, 0.2) is 48.7 Å². The van der Waals surface area contributed by atoms with Gasteiger partial charge in [0, 0.05) is 30.6 Å². The molecule has 1 aliphatic heterocycles. The maximum Gasteiger partial charge on any atom is 0.231 e. The minimum Gasteiger partial charge on any atom is -0.454 e. The molecule has 8 nitrogen and oxygen atoms in total. The van der Waals surface area contributed by atoms with E-state index in [0.717, 1.165) is 33.8 Å². The Kier molecular flexibility index (Phi) is 3.75. The van der Waals surface area contributed by atoms with Crippen LogP contribution in [0.1, 0.15) is 5.56 Å². The lowest BCUT2D eigenvalue weighted by Gasteiger charge is -2.11. The Morgan fingerprint density at radius 3 is 2.75 bits per heavy atom. The Morgan fingerprint density at radius 1 is 1.00 bits per heavy atom. The molecule has 2 aromatic carbocycles. The van der Waals surface area contributed by atoms with Crippen molar-refractivity contribution in [3.63, 3.8) is 0 Å². The molecule has 140 valence electrons. The first kappa shape index (κ1) is 16.4. The third-order valence-electron chi connectivity index (χ3n) is 4.62. The largest absolute Gasteiger partial charge is 0.454 e. The number of aryl methyl sites for hydroxylation is 2. The van der Waals surface area contributed by atoms with Crippen LogP contribution in [0.4, 0.5) is 23.4 Å². The van der Waals surface area contributed by atoms with Gasteiger partial charge < -0.3 is 19.4 Å². The number of hydrogen-bond donors (Lipinski definition) is 2. The van der Waals surface area contributed by atoms with Crippen LogP contribution in [0, 0.1) is 6.92 Å². The Hall–Kier alpha value is -3.81. The fourth-order valence-corrected chi connectivity index (χ4v) is 3.10. The van der Waals surface area contributed by atoms with Gasteiger partial charge in [-0.15, -0.1) is 0 Å². The molecule has 0 atom stereocenters. The highest BCUT2D eigenvalue weighted by molar-refractivity contribution is 5.79. The normalized spacial score (nSPS) is 12.4. The highest BCUT2D eigenvalue weighted by atomic mass is 16.7. The highest BCUT2D eigenvalue weighted by Gasteiger charge is 2.14. The number of para-hydroxylation sites is 2. The number of ether oxygens (including phenoxy) is 2. The first-order valence-corrected chi connectivity index (χ1v) is 8.86. The number of aromatic nitrogens is 4. The molecule has 28 heavy (non-hydrogen) atoms. The molecule has 3 heterocycles. The Morgan fingerprint density at radius 2 is 1.86 bits per heavy atom. The molecule has 4 aromatic rings. The number of benzene rings is 2. The van der Waals surface area contributed by atoms with Crippen LogP contribution >= 0.6 is 0 Å². The zero-order valence-corrected chi connectivity index (χ0v) is 15.4. The van der Waals surface area contributed by atoms with Crippen LogP contribution in [0.25, 0.3) is 11.0 Å². The molecule has 0 radical (unpaired) electrons. The molecule has 2 N–H and O–H groups in total. The summed E-state index contributed by atoms with van der Waals surface area (Å²) in [5.74, 6) is 3.31. The minimum absolute atomic E-state index is 0.247. The number of nitrogens with one attached hydrogen (secondary N) is 2. The third-order valence-corrected chi connectivity index (χ3v) is 4.62. The van der Waals surface area contributed by atoms with Crippen LogP contribution in [0.3, 0.4) is 0 Å². The molecule has 0 saturated heterocycles. The number of rotatable bonds is 4. The van der Waals surface area contributed by atoms with Gasteiger partial charge in [-0.1, -0.05) is 12.1 Å². The fraction of sp³-hybridized carbons (Fsp3) is 0.150. The van der Waals surface area contributed by atoms with E-state index in [-0.39, 0.29) is 6.79 Å². The second kappa shape index (κ2) is 6.41. The van der Waals surface area contributed by atoms with Gasteiger partial charge in [-0.05, 0) is 31.2 Å². The molecular formula is C20H18N6O2. The molecule has 0 spiro atoms. The topological polar surface area (TPSA) is 86.1 Å². The van der Waals surface area contributed by atoms with Crippen molar-refractivity contribution in [2.45, 2.75) is 6.92 Å². The van der Waals surface area contributed by atoms with E-state index in [1.165, 1.54) is 0 Å². The summed E-state index contributed by atoms with van der Waals surface area (Å²) in [4.78, 5) is 13.6. The van der Waals surface area contributed by atoms with Crippen molar-refractivity contribution in [1.29, 1.82) is 0 Å². The van der Waals surface area contributed by atoms with Gasteiger partial charge in [0.2, 0.25) is 18.7 Å². The molecule has 5 rings (SSSR count). The van der Waals surface area contributed by atoms with Crippen LogP contribution < -0.4 is 20.1 Å². The summed E-state index contributed by atoms with van der Waals surface area (Å²) in [5.41, 5.74) is 3.74. The third kappa shape index (κ3) is 2.84. The van der Waals surface area contributed by atoms with Crippen molar-refractivity contribution in [1.82, 2.24) is 19.5 Å². The van der Waals surface area contributed by atoms with Gasteiger partial charge >= 0.3 is 0 Å². The predicted molar refractivity (Wildman–Crippen MR) is 107 cm³/mol. The number of hydrogen-bond acceptors (Lipinski definition) is 7. The monoisotopic (exact) mass is 374 g/mol. The molecule has 0 unspecified atom stereocenters. The van der Waals surface area contributed by atoms with Crippen molar-refractivity contribution >= 4 is 34.4 Å². The molecule has 0 fully saturated rings. The minimum atomic E-state index is 0.247. The molecule has 0 amide bonds. The van der Waals surface area contributed by atoms with Crippen LogP contribution in [-0.4, -0.2) is 26.3 Å². The second-order valence-electron chi connectivity index (χ2n) is 6.53. The summed E-state index contributed by atoms with van der Waals surface area (Å²) in [7, 11) is 1.96. The first-order chi connectivity index (χ1) is 13.7. The molecule has 0 saturated carbocycles. The summed E-state index contributed by atoms with van der Waals surface area (Å²) in [6.45, 7) is 2.20. The molecule has 2 aromatic heterocycles. The van der Waals surface area contributed by atoms with Gasteiger partial charge in [-0.25, -0.2) is 9.97 Å². The summed E-state index contributed by atoms with van der Waals surface area (Å²) in [6.07, 6.45) is 1.77. The zero-order chi connectivity index (χ0) is 19.1. The number of imidazole rings is 1. The number of nitrogens with zero attached hydrogens (tertiary/aromatic N) is 4. The number of fused-ring (bicyclic) bond motifs is 2. The van der Waals surface area contributed by atoms with Crippen molar-refractivity contribution in [3.8, 4) is 11.5 Å². The van der Waals surface area contributed by atoms with Crippen molar-refractivity contribution in [2.75, 3.05) is 17.4 Å². The van der Waals surface area contributed by atoms with E-state index in [1.807, 2.05) is 61.0 Å². The summed E-state index contributed by atoms with van der Waals surface area (Å²) in [5, 5.41) is 6.52. The van der Waals surface area contributed by atoms with E-state index in [0.29, 0.717) is 17.7 Å². The summed E-state index contributed by atoms with van der Waals surface area (Å²) in [6, 6.07) is 13.6. The van der Waals surface area contributed by atoms with E-state index in [1.54, 1.807) is 6.20 Å². The van der Waals surface area contributed by atoms with E-state index < -0.39 is 0 Å². The van der Waals surface area contributed by atoms with Gasteiger partial charge in [-0.2, -0.15) is 4.98 Å².